The average Bonchev–Trinajstić information content (AvgIpc) is 2.55. The number of ether oxygens (including phenoxy) is 2. The molecule has 0 bridgehead atoms. The van der Waals surface area contributed by atoms with Gasteiger partial charge in [-0.1, -0.05) is 29.3 Å². The van der Waals surface area contributed by atoms with Gasteiger partial charge in [-0.15, -0.1) is 0 Å². The molecule has 0 heterocycles. The minimum Gasteiger partial charge on any atom is -0.491 e. The summed E-state index contributed by atoms with van der Waals surface area (Å²) in [6.45, 7) is 1.32. The molecule has 0 aliphatic heterocycles. The Morgan fingerprint density at radius 3 is 2.48 bits per heavy atom. The molecule has 0 saturated heterocycles. The second kappa shape index (κ2) is 8.77. The van der Waals surface area contributed by atoms with Crippen molar-refractivity contribution in [1.82, 2.24) is 5.32 Å². The number of rotatable bonds is 7. The molecule has 0 unspecified atom stereocenters. The lowest BCUT2D eigenvalue weighted by Gasteiger charge is -2.09. The molecular weight excluding hydrogens is 337 g/mol. The molecule has 0 saturated carbocycles. The molecule has 23 heavy (non-hydrogen) atoms. The van der Waals surface area contributed by atoms with E-state index in [0.29, 0.717) is 41.1 Å². The highest BCUT2D eigenvalue weighted by Crippen LogP contribution is 2.21. The first kappa shape index (κ1) is 17.6. The second-order valence-corrected chi connectivity index (χ2v) is 5.63. The molecule has 2 rings (SSSR count). The lowest BCUT2D eigenvalue weighted by atomic mass is 10.2. The van der Waals surface area contributed by atoms with E-state index in [1.165, 1.54) is 0 Å². The van der Waals surface area contributed by atoms with E-state index in [0.717, 1.165) is 5.56 Å². The Labute approximate surface area is 145 Å². The number of hydrogen-bond acceptors (Lipinski definition) is 3. The molecule has 0 spiro atoms. The standard InChI is InChI=1S/C17H17Cl2NO3/c1-22-8-9-23-15-6-3-12(4-7-15)17(21)20-11-13-2-5-14(18)10-16(13)19/h2-7,10H,8-9,11H2,1H3,(H,20,21). The van der Waals surface area contributed by atoms with E-state index in [1.54, 1.807) is 49.6 Å². The number of carbonyl (C=O) groups is 1. The average molecular weight is 354 g/mol. The zero-order valence-corrected chi connectivity index (χ0v) is 14.2. The zero-order valence-electron chi connectivity index (χ0n) is 12.6. The van der Waals surface area contributed by atoms with E-state index in [-0.39, 0.29) is 5.91 Å². The van der Waals surface area contributed by atoms with Gasteiger partial charge in [-0.05, 0) is 42.0 Å². The van der Waals surface area contributed by atoms with E-state index in [4.69, 9.17) is 32.7 Å². The Morgan fingerprint density at radius 2 is 1.83 bits per heavy atom. The van der Waals surface area contributed by atoms with Gasteiger partial charge in [0, 0.05) is 29.3 Å². The molecule has 0 aliphatic carbocycles. The van der Waals surface area contributed by atoms with Crippen LogP contribution in [-0.4, -0.2) is 26.2 Å². The Morgan fingerprint density at radius 1 is 1.09 bits per heavy atom. The highest BCUT2D eigenvalue weighted by molar-refractivity contribution is 6.35. The Balaban J connectivity index is 1.90. The smallest absolute Gasteiger partial charge is 0.251 e. The number of benzene rings is 2. The van der Waals surface area contributed by atoms with Gasteiger partial charge in [-0.25, -0.2) is 0 Å². The van der Waals surface area contributed by atoms with Crippen molar-refractivity contribution in [3.05, 3.63) is 63.6 Å². The molecule has 1 amide bonds. The van der Waals surface area contributed by atoms with Crippen LogP contribution in [0.25, 0.3) is 0 Å². The Bertz CT molecular complexity index is 659. The summed E-state index contributed by atoms with van der Waals surface area (Å²) in [7, 11) is 1.61. The molecule has 0 radical (unpaired) electrons. The Hall–Kier alpha value is -1.75. The molecule has 4 nitrogen and oxygen atoms in total. The maximum Gasteiger partial charge on any atom is 0.251 e. The van der Waals surface area contributed by atoms with E-state index in [2.05, 4.69) is 5.32 Å². The molecule has 0 fully saturated rings. The van der Waals surface area contributed by atoms with Gasteiger partial charge in [0.05, 0.1) is 6.61 Å². The van der Waals surface area contributed by atoms with Crippen molar-refractivity contribution < 1.29 is 14.3 Å². The van der Waals surface area contributed by atoms with Gasteiger partial charge >= 0.3 is 0 Å². The van der Waals surface area contributed by atoms with Crippen LogP contribution in [0.1, 0.15) is 15.9 Å². The topological polar surface area (TPSA) is 47.6 Å². The number of hydrogen-bond donors (Lipinski definition) is 1. The summed E-state index contributed by atoms with van der Waals surface area (Å²) in [6, 6.07) is 12.1. The molecule has 1 N–H and O–H groups in total. The first-order chi connectivity index (χ1) is 11.1. The van der Waals surface area contributed by atoms with Crippen LogP contribution in [0.2, 0.25) is 10.0 Å². The molecule has 2 aromatic rings. The van der Waals surface area contributed by atoms with Gasteiger partial charge in [0.15, 0.2) is 0 Å². The van der Waals surface area contributed by atoms with Crippen LogP contribution in [0.3, 0.4) is 0 Å². The maximum atomic E-state index is 12.1. The summed E-state index contributed by atoms with van der Waals surface area (Å²) >= 11 is 11.9. The summed E-state index contributed by atoms with van der Waals surface area (Å²) < 4.78 is 10.4. The fraction of sp³-hybridized carbons (Fsp3) is 0.235. The van der Waals surface area contributed by atoms with Crippen molar-refractivity contribution in [3.63, 3.8) is 0 Å². The summed E-state index contributed by atoms with van der Waals surface area (Å²) in [5, 5.41) is 3.91. The number of carbonyl (C=O) groups excluding carboxylic acids is 1. The number of nitrogens with one attached hydrogen (secondary N) is 1. The quantitative estimate of drug-likeness (QED) is 0.766. The second-order valence-electron chi connectivity index (χ2n) is 4.78. The van der Waals surface area contributed by atoms with E-state index in [1.807, 2.05) is 0 Å². The van der Waals surface area contributed by atoms with Crippen LogP contribution in [0, 0.1) is 0 Å². The van der Waals surface area contributed by atoms with E-state index >= 15 is 0 Å². The van der Waals surface area contributed by atoms with Gasteiger partial charge in [0.25, 0.3) is 5.91 Å². The van der Waals surface area contributed by atoms with Crippen LogP contribution >= 0.6 is 23.2 Å². The highest BCUT2D eigenvalue weighted by Gasteiger charge is 2.07. The molecule has 0 aliphatic rings. The van der Waals surface area contributed by atoms with Gasteiger partial charge in [0.1, 0.15) is 12.4 Å². The van der Waals surface area contributed by atoms with Crippen molar-refractivity contribution in [2.24, 2.45) is 0 Å². The minimum atomic E-state index is -0.181. The third-order valence-electron chi connectivity index (χ3n) is 3.13. The number of methoxy groups -OCH3 is 1. The summed E-state index contributed by atoms with van der Waals surface area (Å²) in [5.41, 5.74) is 1.36. The van der Waals surface area contributed by atoms with E-state index in [9.17, 15) is 4.79 Å². The lowest BCUT2D eigenvalue weighted by Crippen LogP contribution is -2.22. The van der Waals surface area contributed by atoms with Crippen molar-refractivity contribution in [3.8, 4) is 5.75 Å². The van der Waals surface area contributed by atoms with Crippen LogP contribution in [0.15, 0.2) is 42.5 Å². The number of amides is 1. The van der Waals surface area contributed by atoms with Crippen LogP contribution in [0.4, 0.5) is 0 Å². The number of halogens is 2. The lowest BCUT2D eigenvalue weighted by molar-refractivity contribution is 0.0951. The zero-order chi connectivity index (χ0) is 16.7. The largest absolute Gasteiger partial charge is 0.491 e. The molecule has 0 atom stereocenters. The normalized spacial score (nSPS) is 10.4. The van der Waals surface area contributed by atoms with Crippen molar-refractivity contribution in [2.75, 3.05) is 20.3 Å². The van der Waals surface area contributed by atoms with Crippen molar-refractivity contribution in [2.45, 2.75) is 6.54 Å². The summed E-state index contributed by atoms with van der Waals surface area (Å²) in [4.78, 5) is 12.1. The van der Waals surface area contributed by atoms with E-state index < -0.39 is 0 Å². The van der Waals surface area contributed by atoms with Crippen molar-refractivity contribution in [1.29, 1.82) is 0 Å². The molecular formula is C17H17Cl2NO3. The summed E-state index contributed by atoms with van der Waals surface area (Å²) in [6.07, 6.45) is 0. The predicted octanol–water partition coefficient (Wildman–Crippen LogP) is 3.95. The predicted molar refractivity (Wildman–Crippen MR) is 91.4 cm³/mol. The summed E-state index contributed by atoms with van der Waals surface area (Å²) in [5.74, 6) is 0.513. The third kappa shape index (κ3) is 5.43. The minimum absolute atomic E-state index is 0.181. The van der Waals surface area contributed by atoms with Gasteiger partial charge in [0.2, 0.25) is 0 Å². The molecule has 0 aromatic heterocycles. The van der Waals surface area contributed by atoms with Gasteiger partial charge in [-0.2, -0.15) is 0 Å². The maximum absolute atomic E-state index is 12.1. The fourth-order valence-electron chi connectivity index (χ4n) is 1.89. The SMILES string of the molecule is COCCOc1ccc(C(=O)NCc2ccc(Cl)cc2Cl)cc1. The molecule has 122 valence electrons. The fourth-order valence-corrected chi connectivity index (χ4v) is 2.36. The first-order valence-corrected chi connectivity index (χ1v) is 7.79. The van der Waals surface area contributed by atoms with Gasteiger partial charge in [-0.3, -0.25) is 4.79 Å². The Kier molecular flexibility index (Phi) is 6.71. The van der Waals surface area contributed by atoms with Crippen LogP contribution < -0.4 is 10.1 Å². The van der Waals surface area contributed by atoms with Crippen LogP contribution in [-0.2, 0) is 11.3 Å². The highest BCUT2D eigenvalue weighted by atomic mass is 35.5. The monoisotopic (exact) mass is 353 g/mol. The van der Waals surface area contributed by atoms with Crippen molar-refractivity contribution >= 4 is 29.1 Å². The van der Waals surface area contributed by atoms with Gasteiger partial charge < -0.3 is 14.8 Å². The molecule has 2 aromatic carbocycles. The van der Waals surface area contributed by atoms with Crippen LogP contribution in [0.5, 0.6) is 5.75 Å². The first-order valence-electron chi connectivity index (χ1n) is 7.04. The molecule has 6 heteroatoms. The third-order valence-corrected chi connectivity index (χ3v) is 3.71.